The number of hydrogen-bond acceptors (Lipinski definition) is 4. The molecular weight excluding hydrogens is 486 g/mol. The molecule has 0 spiro atoms. The van der Waals surface area contributed by atoms with Crippen LogP contribution in [0.4, 0.5) is 0 Å². The van der Waals surface area contributed by atoms with Crippen molar-refractivity contribution in [2.24, 2.45) is 0 Å². The molecule has 1 heterocycles. The van der Waals surface area contributed by atoms with Gasteiger partial charge >= 0.3 is 5.97 Å². The number of aliphatic carboxylic acids is 1. The smallest absolute Gasteiger partial charge is 0.337 e. The van der Waals surface area contributed by atoms with Gasteiger partial charge in [-0.2, -0.15) is 4.31 Å². The summed E-state index contributed by atoms with van der Waals surface area (Å²) in [7, 11) is -3.42. The van der Waals surface area contributed by atoms with Crippen molar-refractivity contribution in [3.8, 4) is 11.1 Å². The fraction of sp³-hybridized carbons (Fsp3) is 0.567. The molecule has 0 aromatic heterocycles. The molecule has 4 rings (SSSR count). The second-order valence-corrected chi connectivity index (χ2v) is 13.9. The first-order valence-corrected chi connectivity index (χ1v) is 14.9. The molecule has 0 unspecified atom stereocenters. The van der Waals surface area contributed by atoms with Crippen LogP contribution in [-0.4, -0.2) is 41.2 Å². The van der Waals surface area contributed by atoms with Gasteiger partial charge in [0.2, 0.25) is 10.0 Å². The van der Waals surface area contributed by atoms with E-state index in [0.29, 0.717) is 18.5 Å². The molecular formula is C30H41NO5S. The summed E-state index contributed by atoms with van der Waals surface area (Å²) in [6.07, 6.45) is 3.91. The molecule has 1 aliphatic carbocycles. The molecule has 6 nitrogen and oxygen atoms in total. The first kappa shape index (κ1) is 27.8. The lowest BCUT2D eigenvalue weighted by Crippen LogP contribution is -2.43. The summed E-state index contributed by atoms with van der Waals surface area (Å²) in [4.78, 5) is 12.6. The lowest BCUT2D eigenvalue weighted by atomic mass is 9.80. The Morgan fingerprint density at radius 3 is 2.19 bits per heavy atom. The van der Waals surface area contributed by atoms with Crippen LogP contribution in [-0.2, 0) is 32.5 Å². The van der Waals surface area contributed by atoms with Crippen LogP contribution in [0.2, 0.25) is 0 Å². The van der Waals surface area contributed by atoms with E-state index in [2.05, 4.69) is 0 Å². The standard InChI is InChI=1S/C30H41NO5S/c1-19-12-14-22(15-13-19)26-20(2)24-16-17-31(37(34,35)23-10-8-7-9-11-23)18-25(24)21(3)27(26)28(29(32)33)36-30(4,5)6/h12-15,23,28H,7-11,16-18H2,1-6H3,(H,32,33)/t28-/m0/s1. The molecule has 1 aliphatic heterocycles. The van der Waals surface area contributed by atoms with E-state index in [-0.39, 0.29) is 11.8 Å². The maximum absolute atomic E-state index is 13.6. The van der Waals surface area contributed by atoms with Gasteiger partial charge in [-0.25, -0.2) is 13.2 Å². The third kappa shape index (κ3) is 5.64. The number of carbonyl (C=O) groups is 1. The molecule has 1 atom stereocenters. The van der Waals surface area contributed by atoms with Crippen molar-refractivity contribution in [2.75, 3.05) is 6.54 Å². The predicted octanol–water partition coefficient (Wildman–Crippen LogP) is 6.24. The predicted molar refractivity (Wildman–Crippen MR) is 147 cm³/mol. The van der Waals surface area contributed by atoms with Gasteiger partial charge in [0, 0.05) is 18.7 Å². The summed E-state index contributed by atoms with van der Waals surface area (Å²) in [6.45, 7) is 12.3. The number of hydrogen-bond donors (Lipinski definition) is 1. The zero-order valence-corrected chi connectivity index (χ0v) is 23.9. The van der Waals surface area contributed by atoms with Crippen molar-refractivity contribution < 1.29 is 23.1 Å². The number of benzene rings is 2. The highest BCUT2D eigenvalue weighted by Gasteiger charge is 2.38. The Morgan fingerprint density at radius 1 is 1.00 bits per heavy atom. The fourth-order valence-corrected chi connectivity index (χ4v) is 8.00. The Bertz CT molecular complexity index is 1270. The van der Waals surface area contributed by atoms with E-state index >= 15 is 0 Å². The fourth-order valence-electron chi connectivity index (χ4n) is 6.00. The Hall–Kier alpha value is -2.22. The van der Waals surface area contributed by atoms with Gasteiger partial charge in [0.1, 0.15) is 0 Å². The van der Waals surface area contributed by atoms with Gasteiger partial charge in [0.05, 0.1) is 10.9 Å². The number of sulfonamides is 1. The molecule has 2 aromatic rings. The van der Waals surface area contributed by atoms with Gasteiger partial charge in [0.25, 0.3) is 0 Å². The molecule has 7 heteroatoms. The SMILES string of the molecule is Cc1ccc(-c2c(C)c3c(c(C)c2[C@H](OC(C)(C)C)C(=O)O)CN(S(=O)(=O)C2CCCCC2)CC3)cc1. The Morgan fingerprint density at radius 2 is 1.62 bits per heavy atom. The molecule has 2 aromatic carbocycles. The van der Waals surface area contributed by atoms with Gasteiger partial charge in [-0.1, -0.05) is 49.1 Å². The van der Waals surface area contributed by atoms with Gasteiger partial charge in [-0.15, -0.1) is 0 Å². The summed E-state index contributed by atoms with van der Waals surface area (Å²) >= 11 is 0. The summed E-state index contributed by atoms with van der Waals surface area (Å²) < 4.78 is 35.0. The van der Waals surface area contributed by atoms with Crippen molar-refractivity contribution in [2.45, 2.75) is 104 Å². The Kier molecular flexibility index (Phi) is 7.89. The number of carboxylic acids is 1. The quantitative estimate of drug-likeness (QED) is 0.481. The molecule has 1 N–H and O–H groups in total. The summed E-state index contributed by atoms with van der Waals surface area (Å²) in [5.74, 6) is -1.05. The summed E-state index contributed by atoms with van der Waals surface area (Å²) in [5, 5.41) is 10.0. The molecule has 2 aliphatic rings. The van der Waals surface area contributed by atoms with Gasteiger partial charge in [-0.05, 0) is 94.2 Å². The monoisotopic (exact) mass is 527 g/mol. The maximum Gasteiger partial charge on any atom is 0.337 e. The summed E-state index contributed by atoms with van der Waals surface area (Å²) in [6, 6.07) is 8.13. The van der Waals surface area contributed by atoms with Crippen LogP contribution in [0.15, 0.2) is 24.3 Å². The average Bonchev–Trinajstić information content (AvgIpc) is 2.85. The third-order valence-corrected chi connectivity index (χ3v) is 10.2. The van der Waals surface area contributed by atoms with Crippen molar-refractivity contribution >= 4 is 16.0 Å². The lowest BCUT2D eigenvalue weighted by Gasteiger charge is -2.36. The molecule has 37 heavy (non-hydrogen) atoms. The van der Waals surface area contributed by atoms with E-state index in [1.165, 1.54) is 0 Å². The Balaban J connectivity index is 1.89. The van der Waals surface area contributed by atoms with Crippen molar-refractivity contribution in [1.29, 1.82) is 0 Å². The van der Waals surface area contributed by atoms with Crippen molar-refractivity contribution in [3.63, 3.8) is 0 Å². The first-order valence-electron chi connectivity index (χ1n) is 13.4. The van der Waals surface area contributed by atoms with Crippen LogP contribution in [0, 0.1) is 20.8 Å². The molecule has 1 fully saturated rings. The first-order chi connectivity index (χ1) is 17.3. The van der Waals surface area contributed by atoms with Crippen LogP contribution < -0.4 is 0 Å². The number of fused-ring (bicyclic) bond motifs is 1. The average molecular weight is 528 g/mol. The van der Waals surface area contributed by atoms with Gasteiger partial charge in [0.15, 0.2) is 6.10 Å². The van der Waals surface area contributed by atoms with E-state index in [4.69, 9.17) is 4.74 Å². The molecule has 0 saturated heterocycles. The maximum atomic E-state index is 13.6. The zero-order chi connectivity index (χ0) is 27.1. The number of nitrogens with zero attached hydrogens (tertiary/aromatic N) is 1. The number of ether oxygens (including phenoxy) is 1. The number of carboxylic acid groups (broad SMARTS) is 1. The van der Waals surface area contributed by atoms with Crippen molar-refractivity contribution in [3.05, 3.63) is 57.6 Å². The minimum Gasteiger partial charge on any atom is -0.479 e. The lowest BCUT2D eigenvalue weighted by molar-refractivity contribution is -0.160. The van der Waals surface area contributed by atoms with Crippen LogP contribution in [0.1, 0.15) is 92.4 Å². The minimum absolute atomic E-state index is 0.282. The van der Waals surface area contributed by atoms with Crippen LogP contribution in [0.5, 0.6) is 0 Å². The van der Waals surface area contributed by atoms with Gasteiger partial charge < -0.3 is 9.84 Å². The van der Waals surface area contributed by atoms with Crippen LogP contribution in [0.3, 0.4) is 0 Å². The zero-order valence-electron chi connectivity index (χ0n) is 23.1. The minimum atomic E-state index is -3.42. The van der Waals surface area contributed by atoms with E-state index in [1.54, 1.807) is 4.31 Å². The molecule has 0 radical (unpaired) electrons. The Labute approximate surface area is 222 Å². The molecule has 0 amide bonds. The second kappa shape index (κ2) is 10.5. The van der Waals surface area contributed by atoms with Gasteiger partial charge in [-0.3, -0.25) is 0 Å². The summed E-state index contributed by atoms with van der Waals surface area (Å²) in [5.41, 5.74) is 6.79. The largest absolute Gasteiger partial charge is 0.479 e. The molecule has 202 valence electrons. The topological polar surface area (TPSA) is 83.9 Å². The van der Waals surface area contributed by atoms with Crippen LogP contribution in [0.25, 0.3) is 11.1 Å². The highest BCUT2D eigenvalue weighted by molar-refractivity contribution is 7.89. The highest BCUT2D eigenvalue weighted by Crippen LogP contribution is 2.43. The second-order valence-electron chi connectivity index (χ2n) is 11.7. The van der Waals surface area contributed by atoms with Crippen molar-refractivity contribution in [1.82, 2.24) is 4.31 Å². The van der Waals surface area contributed by atoms with E-state index in [0.717, 1.165) is 71.0 Å². The van der Waals surface area contributed by atoms with Crippen LogP contribution >= 0.6 is 0 Å². The molecule has 0 bridgehead atoms. The molecule has 1 saturated carbocycles. The highest BCUT2D eigenvalue weighted by atomic mass is 32.2. The van der Waals surface area contributed by atoms with E-state index < -0.39 is 27.7 Å². The number of rotatable bonds is 6. The normalized spacial score (nSPS) is 18.4. The van der Waals surface area contributed by atoms with E-state index in [9.17, 15) is 18.3 Å². The third-order valence-electron chi connectivity index (χ3n) is 7.90. The number of aryl methyl sites for hydroxylation is 1. The van der Waals surface area contributed by atoms with E-state index in [1.807, 2.05) is 65.8 Å².